The maximum absolute atomic E-state index is 10.8. The Bertz CT molecular complexity index is 372. The number of hydrogen-bond donors (Lipinski definition) is 2. The monoisotopic (exact) mass is 228 g/mol. The number of carboxylic acid groups (broad SMARTS) is 2. The van der Waals surface area contributed by atoms with Gasteiger partial charge in [-0.2, -0.15) is 0 Å². The molecule has 0 heterocycles. The third kappa shape index (κ3) is 3.25. The predicted molar refractivity (Wildman–Crippen MR) is 54.1 cm³/mol. The first kappa shape index (κ1) is 11.5. The van der Waals surface area contributed by atoms with E-state index >= 15 is 0 Å². The van der Waals surface area contributed by atoms with Crippen molar-refractivity contribution in [3.05, 3.63) is 34.9 Å². The zero-order chi connectivity index (χ0) is 11.4. The molecule has 5 heteroatoms. The van der Waals surface area contributed by atoms with Crippen LogP contribution in [0.15, 0.2) is 24.3 Å². The second kappa shape index (κ2) is 4.79. The average molecular weight is 229 g/mol. The lowest BCUT2D eigenvalue weighted by molar-refractivity contribution is -0.145. The molecule has 0 amide bonds. The van der Waals surface area contributed by atoms with E-state index in [1.165, 1.54) is 24.3 Å². The van der Waals surface area contributed by atoms with Crippen molar-refractivity contribution in [1.82, 2.24) is 0 Å². The summed E-state index contributed by atoms with van der Waals surface area (Å²) in [6, 6.07) is 6.11. The van der Waals surface area contributed by atoms with Crippen molar-refractivity contribution in [2.24, 2.45) is 0 Å². The Hall–Kier alpha value is -1.55. The van der Waals surface area contributed by atoms with Crippen molar-refractivity contribution < 1.29 is 19.8 Å². The SMILES string of the molecule is O=C(O)CC(C(=O)O)c1ccc(Cl)cc1. The third-order valence-electron chi connectivity index (χ3n) is 1.95. The quantitative estimate of drug-likeness (QED) is 0.826. The Morgan fingerprint density at radius 1 is 1.20 bits per heavy atom. The maximum Gasteiger partial charge on any atom is 0.311 e. The van der Waals surface area contributed by atoms with Gasteiger partial charge in [-0.3, -0.25) is 9.59 Å². The van der Waals surface area contributed by atoms with Crippen LogP contribution in [0.2, 0.25) is 5.02 Å². The van der Waals surface area contributed by atoms with Crippen molar-refractivity contribution >= 4 is 23.5 Å². The molecule has 1 aromatic rings. The number of carbonyl (C=O) groups is 2. The van der Waals surface area contributed by atoms with Gasteiger partial charge in [-0.25, -0.2) is 0 Å². The normalized spacial score (nSPS) is 12.1. The highest BCUT2D eigenvalue weighted by Crippen LogP contribution is 2.21. The van der Waals surface area contributed by atoms with Gasteiger partial charge in [0.05, 0.1) is 12.3 Å². The van der Waals surface area contributed by atoms with E-state index in [4.69, 9.17) is 21.8 Å². The summed E-state index contributed by atoms with van der Waals surface area (Å²) in [4.78, 5) is 21.3. The molecule has 1 aromatic carbocycles. The van der Waals surface area contributed by atoms with Gasteiger partial charge in [-0.1, -0.05) is 23.7 Å². The molecule has 0 aromatic heterocycles. The van der Waals surface area contributed by atoms with Crippen LogP contribution in [-0.2, 0) is 9.59 Å². The van der Waals surface area contributed by atoms with E-state index in [1.807, 2.05) is 0 Å². The Balaban J connectivity index is 2.94. The van der Waals surface area contributed by atoms with E-state index in [9.17, 15) is 9.59 Å². The molecule has 0 fully saturated rings. The summed E-state index contributed by atoms with van der Waals surface area (Å²) in [5.41, 5.74) is 0.439. The van der Waals surface area contributed by atoms with Gasteiger partial charge in [0.25, 0.3) is 0 Å². The number of carboxylic acids is 2. The molecule has 1 rings (SSSR count). The lowest BCUT2D eigenvalue weighted by atomic mass is 9.96. The minimum absolute atomic E-state index is 0.434. The predicted octanol–water partition coefficient (Wildman–Crippen LogP) is 1.98. The van der Waals surface area contributed by atoms with E-state index in [0.29, 0.717) is 10.6 Å². The zero-order valence-electron chi connectivity index (χ0n) is 7.68. The number of halogens is 1. The van der Waals surface area contributed by atoms with Gasteiger partial charge in [0.1, 0.15) is 0 Å². The smallest absolute Gasteiger partial charge is 0.311 e. The van der Waals surface area contributed by atoms with Crippen molar-refractivity contribution in [3.8, 4) is 0 Å². The van der Waals surface area contributed by atoms with Gasteiger partial charge in [-0.15, -0.1) is 0 Å². The Morgan fingerprint density at radius 3 is 2.13 bits per heavy atom. The Kier molecular flexibility index (Phi) is 3.68. The molecule has 0 saturated heterocycles. The summed E-state index contributed by atoms with van der Waals surface area (Å²) in [6.07, 6.45) is -0.434. The summed E-state index contributed by atoms with van der Waals surface area (Å²) in [6.45, 7) is 0. The Morgan fingerprint density at radius 2 is 1.73 bits per heavy atom. The zero-order valence-corrected chi connectivity index (χ0v) is 8.44. The highest BCUT2D eigenvalue weighted by Gasteiger charge is 2.22. The lowest BCUT2D eigenvalue weighted by Gasteiger charge is -2.09. The summed E-state index contributed by atoms with van der Waals surface area (Å²) >= 11 is 5.64. The summed E-state index contributed by atoms with van der Waals surface area (Å²) in [5, 5.41) is 17.9. The van der Waals surface area contributed by atoms with Gasteiger partial charge in [-0.05, 0) is 17.7 Å². The third-order valence-corrected chi connectivity index (χ3v) is 2.20. The topological polar surface area (TPSA) is 74.6 Å². The van der Waals surface area contributed by atoms with Crippen molar-refractivity contribution in [2.45, 2.75) is 12.3 Å². The molecular weight excluding hydrogens is 220 g/mol. The van der Waals surface area contributed by atoms with Gasteiger partial charge in [0.2, 0.25) is 0 Å². The number of hydrogen-bond acceptors (Lipinski definition) is 2. The fourth-order valence-electron chi connectivity index (χ4n) is 1.22. The molecule has 0 saturated carbocycles. The molecule has 0 spiro atoms. The fraction of sp³-hybridized carbons (Fsp3) is 0.200. The van der Waals surface area contributed by atoms with Crippen LogP contribution in [0, 0.1) is 0 Å². The molecule has 0 aliphatic carbocycles. The number of benzene rings is 1. The van der Waals surface area contributed by atoms with E-state index < -0.39 is 24.3 Å². The number of aliphatic carboxylic acids is 2. The second-order valence-corrected chi connectivity index (χ2v) is 3.48. The highest BCUT2D eigenvalue weighted by atomic mass is 35.5. The molecule has 1 unspecified atom stereocenters. The molecular formula is C10H9ClO4. The average Bonchev–Trinajstić information content (AvgIpc) is 2.15. The molecule has 0 aliphatic rings. The van der Waals surface area contributed by atoms with Gasteiger partial charge in [0, 0.05) is 5.02 Å². The van der Waals surface area contributed by atoms with Gasteiger partial charge >= 0.3 is 11.9 Å². The highest BCUT2D eigenvalue weighted by molar-refractivity contribution is 6.30. The first-order valence-electron chi connectivity index (χ1n) is 4.20. The first-order chi connectivity index (χ1) is 7.00. The maximum atomic E-state index is 10.8. The van der Waals surface area contributed by atoms with Gasteiger partial charge < -0.3 is 10.2 Å². The van der Waals surface area contributed by atoms with Crippen LogP contribution < -0.4 is 0 Å². The Labute approximate surface area is 91.1 Å². The largest absolute Gasteiger partial charge is 0.481 e. The molecule has 15 heavy (non-hydrogen) atoms. The standard InChI is InChI=1S/C10H9ClO4/c11-7-3-1-6(2-4-7)8(10(14)15)5-9(12)13/h1-4,8H,5H2,(H,12,13)(H,14,15). The van der Waals surface area contributed by atoms with E-state index in [1.54, 1.807) is 0 Å². The van der Waals surface area contributed by atoms with Crippen molar-refractivity contribution in [3.63, 3.8) is 0 Å². The lowest BCUT2D eigenvalue weighted by Crippen LogP contribution is -2.15. The fourth-order valence-corrected chi connectivity index (χ4v) is 1.34. The molecule has 4 nitrogen and oxygen atoms in total. The van der Waals surface area contributed by atoms with E-state index in [2.05, 4.69) is 0 Å². The minimum Gasteiger partial charge on any atom is -0.481 e. The molecule has 0 radical (unpaired) electrons. The second-order valence-electron chi connectivity index (χ2n) is 3.04. The molecule has 2 N–H and O–H groups in total. The van der Waals surface area contributed by atoms with Crippen LogP contribution in [0.4, 0.5) is 0 Å². The van der Waals surface area contributed by atoms with Crippen LogP contribution in [0.3, 0.4) is 0 Å². The van der Waals surface area contributed by atoms with Crippen LogP contribution in [-0.4, -0.2) is 22.2 Å². The van der Waals surface area contributed by atoms with E-state index in [-0.39, 0.29) is 0 Å². The van der Waals surface area contributed by atoms with Crippen LogP contribution in [0.25, 0.3) is 0 Å². The molecule has 1 atom stereocenters. The van der Waals surface area contributed by atoms with E-state index in [0.717, 1.165) is 0 Å². The first-order valence-corrected chi connectivity index (χ1v) is 4.58. The minimum atomic E-state index is -1.15. The number of rotatable bonds is 4. The van der Waals surface area contributed by atoms with Crippen LogP contribution >= 0.6 is 11.6 Å². The molecule has 80 valence electrons. The summed E-state index contributed by atoms with van der Waals surface area (Å²) in [7, 11) is 0. The van der Waals surface area contributed by atoms with Crippen LogP contribution in [0.1, 0.15) is 17.9 Å². The van der Waals surface area contributed by atoms with Crippen LogP contribution in [0.5, 0.6) is 0 Å². The van der Waals surface area contributed by atoms with Crippen molar-refractivity contribution in [1.29, 1.82) is 0 Å². The van der Waals surface area contributed by atoms with Gasteiger partial charge in [0.15, 0.2) is 0 Å². The summed E-state index contributed by atoms with van der Waals surface area (Å²) < 4.78 is 0. The molecule has 0 aliphatic heterocycles. The summed E-state index contributed by atoms with van der Waals surface area (Å²) in [5.74, 6) is -3.32. The van der Waals surface area contributed by atoms with Crippen molar-refractivity contribution in [2.75, 3.05) is 0 Å². The molecule has 0 bridgehead atoms.